The van der Waals surface area contributed by atoms with Crippen molar-refractivity contribution in [2.24, 2.45) is 5.73 Å². The van der Waals surface area contributed by atoms with E-state index in [0.717, 1.165) is 6.07 Å². The van der Waals surface area contributed by atoms with Crippen molar-refractivity contribution in [3.8, 4) is 0 Å². The van der Waals surface area contributed by atoms with Gasteiger partial charge in [0.2, 0.25) is 0 Å². The maximum absolute atomic E-state index is 13.2. The molecule has 1 atom stereocenters. The Hall–Kier alpha value is -1.66. The molecule has 1 aromatic heterocycles. The molecule has 2 N–H and O–H groups in total. The highest BCUT2D eigenvalue weighted by molar-refractivity contribution is 7.91. The standard InChI is InChI=1S/C13H14FNO3S/c1-9-7-10(4-5-11(9)14)19(16,17)13(8-15)12-3-2-6-18-12/h2-7,13H,8,15H2,1H3. The lowest BCUT2D eigenvalue weighted by molar-refractivity contribution is 0.492. The number of rotatable bonds is 4. The first-order valence-corrected chi connectivity index (χ1v) is 7.25. The molecule has 0 saturated heterocycles. The highest BCUT2D eigenvalue weighted by Crippen LogP contribution is 2.29. The Morgan fingerprint density at radius 1 is 1.37 bits per heavy atom. The summed E-state index contributed by atoms with van der Waals surface area (Å²) in [6.45, 7) is 1.41. The van der Waals surface area contributed by atoms with Gasteiger partial charge in [0.1, 0.15) is 16.8 Å². The molecule has 0 fully saturated rings. The Morgan fingerprint density at radius 3 is 2.63 bits per heavy atom. The van der Waals surface area contributed by atoms with Gasteiger partial charge in [0.15, 0.2) is 9.84 Å². The summed E-state index contributed by atoms with van der Waals surface area (Å²) >= 11 is 0. The molecule has 0 bridgehead atoms. The molecule has 2 aromatic rings. The second kappa shape index (κ2) is 5.14. The van der Waals surface area contributed by atoms with Gasteiger partial charge in [0, 0.05) is 6.54 Å². The zero-order valence-corrected chi connectivity index (χ0v) is 11.2. The molecule has 6 heteroatoms. The number of hydrogen-bond donors (Lipinski definition) is 1. The van der Waals surface area contributed by atoms with Gasteiger partial charge in [0.25, 0.3) is 0 Å². The van der Waals surface area contributed by atoms with Gasteiger partial charge in [-0.05, 0) is 42.8 Å². The Labute approximate surface area is 111 Å². The number of nitrogens with two attached hydrogens (primary N) is 1. The zero-order valence-electron chi connectivity index (χ0n) is 10.3. The third-order valence-electron chi connectivity index (χ3n) is 2.91. The Morgan fingerprint density at radius 2 is 2.11 bits per heavy atom. The first-order chi connectivity index (χ1) is 8.96. The quantitative estimate of drug-likeness (QED) is 0.873. The second-order valence-electron chi connectivity index (χ2n) is 4.20. The molecule has 1 unspecified atom stereocenters. The SMILES string of the molecule is Cc1cc(S(=O)(=O)C(CN)c2ccco2)ccc1F. The van der Waals surface area contributed by atoms with Crippen LogP contribution in [0.4, 0.5) is 4.39 Å². The molecule has 0 aliphatic carbocycles. The predicted octanol–water partition coefficient (Wildman–Crippen LogP) is 2.20. The summed E-state index contributed by atoms with van der Waals surface area (Å²) in [6, 6.07) is 6.84. The van der Waals surface area contributed by atoms with Gasteiger partial charge in [0.05, 0.1) is 11.2 Å². The summed E-state index contributed by atoms with van der Waals surface area (Å²) < 4.78 is 43.2. The molecule has 1 aromatic carbocycles. The molecular weight excluding hydrogens is 269 g/mol. The highest BCUT2D eigenvalue weighted by Gasteiger charge is 2.30. The number of hydrogen-bond acceptors (Lipinski definition) is 4. The van der Waals surface area contributed by atoms with Crippen molar-refractivity contribution in [3.05, 3.63) is 53.7 Å². The van der Waals surface area contributed by atoms with Crippen LogP contribution in [0, 0.1) is 12.7 Å². The molecule has 0 aliphatic heterocycles. The molecule has 0 spiro atoms. The van der Waals surface area contributed by atoms with Gasteiger partial charge in [-0.1, -0.05) is 0 Å². The number of aryl methyl sites for hydroxylation is 1. The van der Waals surface area contributed by atoms with Crippen molar-refractivity contribution < 1.29 is 17.2 Å². The minimum Gasteiger partial charge on any atom is -0.468 e. The third kappa shape index (κ3) is 2.54. The summed E-state index contributed by atoms with van der Waals surface area (Å²) in [5.74, 6) is -0.161. The summed E-state index contributed by atoms with van der Waals surface area (Å²) in [6.07, 6.45) is 1.39. The molecular formula is C13H14FNO3S. The van der Waals surface area contributed by atoms with Crippen LogP contribution < -0.4 is 5.73 Å². The normalized spacial score (nSPS) is 13.4. The van der Waals surface area contributed by atoms with Crippen molar-refractivity contribution in [2.75, 3.05) is 6.54 Å². The molecule has 0 amide bonds. The van der Waals surface area contributed by atoms with Gasteiger partial charge in [-0.25, -0.2) is 12.8 Å². The van der Waals surface area contributed by atoms with E-state index in [4.69, 9.17) is 10.2 Å². The van der Waals surface area contributed by atoms with Crippen LogP contribution in [0.5, 0.6) is 0 Å². The molecule has 0 radical (unpaired) electrons. The third-order valence-corrected chi connectivity index (χ3v) is 4.99. The van der Waals surface area contributed by atoms with Crippen molar-refractivity contribution in [1.82, 2.24) is 0 Å². The van der Waals surface area contributed by atoms with E-state index in [2.05, 4.69) is 0 Å². The maximum atomic E-state index is 13.2. The fourth-order valence-electron chi connectivity index (χ4n) is 1.83. The van der Waals surface area contributed by atoms with Crippen LogP contribution in [0.3, 0.4) is 0 Å². The average molecular weight is 283 g/mol. The topological polar surface area (TPSA) is 73.3 Å². The van der Waals surface area contributed by atoms with Crippen LogP contribution in [0.25, 0.3) is 0 Å². The molecule has 0 aliphatic rings. The van der Waals surface area contributed by atoms with Gasteiger partial charge in [-0.15, -0.1) is 0 Å². The van der Waals surface area contributed by atoms with Crippen LogP contribution >= 0.6 is 0 Å². The highest BCUT2D eigenvalue weighted by atomic mass is 32.2. The smallest absolute Gasteiger partial charge is 0.189 e. The fourth-order valence-corrected chi connectivity index (χ4v) is 3.45. The van der Waals surface area contributed by atoms with Gasteiger partial charge in [-0.3, -0.25) is 0 Å². The fraction of sp³-hybridized carbons (Fsp3) is 0.231. The van der Waals surface area contributed by atoms with E-state index in [0.29, 0.717) is 0 Å². The lowest BCUT2D eigenvalue weighted by Crippen LogP contribution is -2.22. The summed E-state index contributed by atoms with van der Waals surface area (Å²) in [5.41, 5.74) is 5.82. The van der Waals surface area contributed by atoms with Crippen LogP contribution in [-0.2, 0) is 9.84 Å². The first-order valence-electron chi connectivity index (χ1n) is 5.70. The molecule has 0 saturated carbocycles. The summed E-state index contributed by atoms with van der Waals surface area (Å²) in [7, 11) is -3.70. The molecule has 4 nitrogen and oxygen atoms in total. The summed E-state index contributed by atoms with van der Waals surface area (Å²) in [5, 5.41) is -0.965. The molecule has 1 heterocycles. The van der Waals surface area contributed by atoms with Crippen LogP contribution in [0.1, 0.15) is 16.6 Å². The number of halogens is 1. The Balaban J connectivity index is 2.49. The van der Waals surface area contributed by atoms with Crippen LogP contribution in [0.15, 0.2) is 45.9 Å². The minimum absolute atomic E-state index is 0.0400. The van der Waals surface area contributed by atoms with E-state index in [9.17, 15) is 12.8 Å². The van der Waals surface area contributed by atoms with Crippen LogP contribution in [0.2, 0.25) is 0 Å². The van der Waals surface area contributed by atoms with E-state index in [1.165, 1.54) is 25.3 Å². The number of benzene rings is 1. The van der Waals surface area contributed by atoms with Crippen molar-refractivity contribution in [2.45, 2.75) is 17.1 Å². The molecule has 102 valence electrons. The second-order valence-corrected chi connectivity index (χ2v) is 6.33. The number of furan rings is 1. The van der Waals surface area contributed by atoms with E-state index in [1.54, 1.807) is 12.1 Å². The zero-order chi connectivity index (χ0) is 14.0. The van der Waals surface area contributed by atoms with Gasteiger partial charge >= 0.3 is 0 Å². The molecule has 2 rings (SSSR count). The monoisotopic (exact) mass is 283 g/mol. The largest absolute Gasteiger partial charge is 0.468 e. The van der Waals surface area contributed by atoms with Gasteiger partial charge < -0.3 is 10.2 Å². The minimum atomic E-state index is -3.70. The van der Waals surface area contributed by atoms with E-state index < -0.39 is 20.9 Å². The summed E-state index contributed by atoms with van der Waals surface area (Å²) in [4.78, 5) is 0.0400. The number of sulfone groups is 1. The lowest BCUT2D eigenvalue weighted by atomic mass is 10.2. The Kier molecular flexibility index (Phi) is 3.73. The van der Waals surface area contributed by atoms with Crippen LogP contribution in [-0.4, -0.2) is 15.0 Å². The van der Waals surface area contributed by atoms with E-state index in [1.807, 2.05) is 0 Å². The van der Waals surface area contributed by atoms with Crippen molar-refractivity contribution in [3.63, 3.8) is 0 Å². The first kappa shape index (κ1) is 13.8. The Bertz CT molecular complexity index is 665. The maximum Gasteiger partial charge on any atom is 0.189 e. The average Bonchev–Trinajstić information content (AvgIpc) is 2.86. The van der Waals surface area contributed by atoms with Crippen molar-refractivity contribution >= 4 is 9.84 Å². The van der Waals surface area contributed by atoms with E-state index >= 15 is 0 Å². The van der Waals surface area contributed by atoms with E-state index in [-0.39, 0.29) is 22.8 Å². The predicted molar refractivity (Wildman–Crippen MR) is 68.8 cm³/mol. The van der Waals surface area contributed by atoms with Crippen molar-refractivity contribution in [1.29, 1.82) is 0 Å². The lowest BCUT2D eigenvalue weighted by Gasteiger charge is -2.14. The van der Waals surface area contributed by atoms with Gasteiger partial charge in [-0.2, -0.15) is 0 Å². The molecule has 19 heavy (non-hydrogen) atoms.